The molecule has 1 atom stereocenters. The molecule has 24 heavy (non-hydrogen) atoms. The van der Waals surface area contributed by atoms with Crippen LogP contribution in [0.25, 0.3) is 0 Å². The number of quaternary nitrogens is 1. The zero-order valence-corrected chi connectivity index (χ0v) is 16.2. The van der Waals surface area contributed by atoms with Crippen molar-refractivity contribution in [2.45, 2.75) is 63.9 Å². The lowest BCUT2D eigenvalue weighted by Crippen LogP contribution is -2.48. The van der Waals surface area contributed by atoms with Gasteiger partial charge in [0.25, 0.3) is 0 Å². The summed E-state index contributed by atoms with van der Waals surface area (Å²) in [6.07, 6.45) is 8.31. The van der Waals surface area contributed by atoms with Crippen LogP contribution in [-0.4, -0.2) is 43.7 Å². The van der Waals surface area contributed by atoms with Crippen LogP contribution >= 0.6 is 11.3 Å². The first-order chi connectivity index (χ1) is 11.4. The molecule has 134 valence electrons. The molecular weight excluding hydrogens is 318 g/mol. The third kappa shape index (κ3) is 4.60. The molecule has 0 amide bonds. The Hall–Kier alpha value is -0.870. The van der Waals surface area contributed by atoms with Gasteiger partial charge < -0.3 is 9.22 Å². The number of rotatable bonds is 5. The van der Waals surface area contributed by atoms with Crippen molar-refractivity contribution in [2.24, 2.45) is 5.92 Å². The van der Waals surface area contributed by atoms with E-state index in [1.807, 2.05) is 0 Å². The van der Waals surface area contributed by atoms with Crippen molar-refractivity contribution in [3.8, 4) is 0 Å². The van der Waals surface area contributed by atoms with E-state index in [1.165, 1.54) is 35.4 Å². The van der Waals surface area contributed by atoms with Crippen LogP contribution in [0, 0.1) is 12.8 Å². The van der Waals surface area contributed by atoms with Gasteiger partial charge in [-0.25, -0.2) is 0 Å². The van der Waals surface area contributed by atoms with E-state index in [1.54, 1.807) is 11.3 Å². The maximum absolute atomic E-state index is 12.9. The molecular formula is C20H32NO2S+. The average Bonchev–Trinajstić information content (AvgIpc) is 3.18. The Morgan fingerprint density at radius 2 is 1.88 bits per heavy atom. The SMILES string of the molecule is Cc1ccc([C@@H](CC2CCCC2)C(=O)OC2CC[N+](C)(C)CC2)s1. The Kier molecular flexibility index (Phi) is 5.66. The molecule has 1 aromatic rings. The Bertz CT molecular complexity index is 550. The first-order valence-electron chi connectivity index (χ1n) is 9.52. The van der Waals surface area contributed by atoms with Crippen molar-refractivity contribution in [2.75, 3.05) is 27.2 Å². The Balaban J connectivity index is 1.64. The number of likely N-dealkylation sites (tertiary alicyclic amines) is 1. The van der Waals surface area contributed by atoms with E-state index in [0.717, 1.165) is 36.8 Å². The summed E-state index contributed by atoms with van der Waals surface area (Å²) < 4.78 is 7.02. The summed E-state index contributed by atoms with van der Waals surface area (Å²) in [5.74, 6) is 0.684. The van der Waals surface area contributed by atoms with Gasteiger partial charge in [0.1, 0.15) is 6.10 Å². The van der Waals surface area contributed by atoms with Crippen molar-refractivity contribution < 1.29 is 14.0 Å². The number of carbonyl (C=O) groups excluding carboxylic acids is 1. The fourth-order valence-corrected chi connectivity index (χ4v) is 5.13. The van der Waals surface area contributed by atoms with Crippen molar-refractivity contribution in [3.05, 3.63) is 21.9 Å². The first-order valence-corrected chi connectivity index (χ1v) is 10.3. The number of aryl methyl sites for hydroxylation is 1. The average molecular weight is 351 g/mol. The topological polar surface area (TPSA) is 26.3 Å². The molecule has 0 aromatic carbocycles. The Labute approximate surface area is 150 Å². The molecule has 0 N–H and O–H groups in total. The number of piperidine rings is 1. The molecule has 1 aromatic heterocycles. The second kappa shape index (κ2) is 7.57. The number of ether oxygens (including phenoxy) is 1. The largest absolute Gasteiger partial charge is 0.461 e. The van der Waals surface area contributed by atoms with Gasteiger partial charge in [-0.05, 0) is 31.4 Å². The third-order valence-electron chi connectivity index (χ3n) is 5.83. The lowest BCUT2D eigenvalue weighted by Gasteiger charge is -2.37. The highest BCUT2D eigenvalue weighted by Crippen LogP contribution is 2.37. The maximum atomic E-state index is 12.9. The Morgan fingerprint density at radius 1 is 1.21 bits per heavy atom. The molecule has 0 radical (unpaired) electrons. The van der Waals surface area contributed by atoms with Crippen LogP contribution in [0.5, 0.6) is 0 Å². The van der Waals surface area contributed by atoms with Gasteiger partial charge in [-0.3, -0.25) is 4.79 Å². The summed E-state index contributed by atoms with van der Waals surface area (Å²) in [7, 11) is 4.52. The van der Waals surface area contributed by atoms with Crippen LogP contribution in [0.15, 0.2) is 12.1 Å². The van der Waals surface area contributed by atoms with E-state index in [9.17, 15) is 4.79 Å². The van der Waals surface area contributed by atoms with Gasteiger partial charge in [0, 0.05) is 22.6 Å². The third-order valence-corrected chi connectivity index (χ3v) is 6.94. The molecule has 3 nitrogen and oxygen atoms in total. The minimum absolute atomic E-state index is 0.0287. The summed E-state index contributed by atoms with van der Waals surface area (Å²) in [5, 5.41) is 0. The highest BCUT2D eigenvalue weighted by atomic mass is 32.1. The second-order valence-electron chi connectivity index (χ2n) is 8.41. The number of nitrogens with zero attached hydrogens (tertiary/aromatic N) is 1. The molecule has 3 rings (SSSR count). The van der Waals surface area contributed by atoms with Crippen molar-refractivity contribution in [1.29, 1.82) is 0 Å². The molecule has 0 unspecified atom stereocenters. The molecule has 1 aliphatic heterocycles. The van der Waals surface area contributed by atoms with Gasteiger partial charge in [0.15, 0.2) is 0 Å². The maximum Gasteiger partial charge on any atom is 0.314 e. The van der Waals surface area contributed by atoms with Crippen LogP contribution in [0.3, 0.4) is 0 Å². The molecule has 2 heterocycles. The van der Waals surface area contributed by atoms with Gasteiger partial charge in [0.2, 0.25) is 0 Å². The fraction of sp³-hybridized carbons (Fsp3) is 0.750. The van der Waals surface area contributed by atoms with E-state index in [2.05, 4.69) is 33.2 Å². The van der Waals surface area contributed by atoms with Crippen molar-refractivity contribution in [3.63, 3.8) is 0 Å². The molecule has 0 bridgehead atoms. The predicted octanol–water partition coefficient (Wildman–Crippen LogP) is 4.50. The van der Waals surface area contributed by atoms with Crippen LogP contribution in [0.1, 0.15) is 60.6 Å². The van der Waals surface area contributed by atoms with Crippen LogP contribution in [0.2, 0.25) is 0 Å². The number of carbonyl (C=O) groups is 1. The van der Waals surface area contributed by atoms with Crippen molar-refractivity contribution in [1.82, 2.24) is 0 Å². The lowest BCUT2D eigenvalue weighted by molar-refractivity contribution is -0.896. The van der Waals surface area contributed by atoms with Crippen LogP contribution in [0.4, 0.5) is 0 Å². The summed E-state index contributed by atoms with van der Waals surface area (Å²) in [5.41, 5.74) is 0. The molecule has 4 heteroatoms. The normalized spacial score (nSPS) is 23.3. The zero-order chi connectivity index (χ0) is 17.2. The number of hydrogen-bond donors (Lipinski definition) is 0. The van der Waals surface area contributed by atoms with E-state index in [4.69, 9.17) is 4.74 Å². The van der Waals surface area contributed by atoms with Crippen LogP contribution in [-0.2, 0) is 9.53 Å². The van der Waals surface area contributed by atoms with E-state index in [0.29, 0.717) is 5.92 Å². The molecule has 2 aliphatic rings. The summed E-state index contributed by atoms with van der Waals surface area (Å²) >= 11 is 1.77. The smallest absolute Gasteiger partial charge is 0.314 e. The molecule has 1 saturated carbocycles. The second-order valence-corrected chi connectivity index (χ2v) is 9.73. The van der Waals surface area contributed by atoms with Gasteiger partial charge in [-0.1, -0.05) is 25.7 Å². The Morgan fingerprint density at radius 3 is 2.46 bits per heavy atom. The van der Waals surface area contributed by atoms with Crippen molar-refractivity contribution >= 4 is 17.3 Å². The number of thiophene rings is 1. The standard InChI is InChI=1S/C20H32NO2S/c1-15-8-9-19(24-15)18(14-16-6-4-5-7-16)20(22)23-17-10-12-21(2,3)13-11-17/h8-9,16-18H,4-7,10-14H2,1-3H3/q+1/t18-/m1/s1. The minimum Gasteiger partial charge on any atom is -0.461 e. The zero-order valence-electron chi connectivity index (χ0n) is 15.4. The summed E-state index contributed by atoms with van der Waals surface area (Å²) in [6.45, 7) is 4.32. The lowest BCUT2D eigenvalue weighted by atomic mass is 9.92. The molecule has 1 saturated heterocycles. The van der Waals surface area contributed by atoms with Gasteiger partial charge >= 0.3 is 5.97 Å². The monoisotopic (exact) mass is 350 g/mol. The number of hydrogen-bond acceptors (Lipinski definition) is 3. The van der Waals surface area contributed by atoms with Gasteiger partial charge in [-0.2, -0.15) is 0 Å². The summed E-state index contributed by atoms with van der Waals surface area (Å²) in [4.78, 5) is 15.4. The highest BCUT2D eigenvalue weighted by Gasteiger charge is 2.33. The molecule has 1 aliphatic carbocycles. The minimum atomic E-state index is -0.0452. The predicted molar refractivity (Wildman–Crippen MR) is 99.3 cm³/mol. The van der Waals surface area contributed by atoms with Gasteiger partial charge in [-0.15, -0.1) is 11.3 Å². The summed E-state index contributed by atoms with van der Waals surface area (Å²) in [6, 6.07) is 4.28. The van der Waals surface area contributed by atoms with Gasteiger partial charge in [0.05, 0.1) is 33.1 Å². The quantitative estimate of drug-likeness (QED) is 0.577. The molecule has 0 spiro atoms. The van der Waals surface area contributed by atoms with E-state index < -0.39 is 0 Å². The first kappa shape index (κ1) is 17.9. The number of esters is 1. The van der Waals surface area contributed by atoms with E-state index in [-0.39, 0.29) is 18.0 Å². The van der Waals surface area contributed by atoms with Crippen LogP contribution < -0.4 is 0 Å². The van der Waals surface area contributed by atoms with E-state index >= 15 is 0 Å². The fourth-order valence-electron chi connectivity index (χ4n) is 4.16. The highest BCUT2D eigenvalue weighted by molar-refractivity contribution is 7.12. The molecule has 2 fully saturated rings.